The van der Waals surface area contributed by atoms with E-state index in [1.807, 2.05) is 18.9 Å². The summed E-state index contributed by atoms with van der Waals surface area (Å²) in [4.78, 5) is 1.96. The van der Waals surface area contributed by atoms with Crippen LogP contribution in [0.2, 0.25) is 0 Å². The third kappa shape index (κ3) is 4.32. The van der Waals surface area contributed by atoms with Crippen LogP contribution in [-0.2, 0) is 4.74 Å². The quantitative estimate of drug-likeness (QED) is 0.831. The lowest BCUT2D eigenvalue weighted by Crippen LogP contribution is -2.43. The fourth-order valence-electron chi connectivity index (χ4n) is 1.48. The van der Waals surface area contributed by atoms with Crippen LogP contribution in [0.25, 0.3) is 0 Å². The van der Waals surface area contributed by atoms with Gasteiger partial charge in [0, 0.05) is 25.9 Å². The average Bonchev–Trinajstić information content (AvgIpc) is 2.29. The summed E-state index contributed by atoms with van der Waals surface area (Å²) in [6, 6.07) is 8.48. The Balaban J connectivity index is 2.60. The summed E-state index contributed by atoms with van der Waals surface area (Å²) >= 11 is 5.34. The number of nitrogens with zero attached hydrogens (tertiary/aromatic N) is 1. The summed E-state index contributed by atoms with van der Waals surface area (Å²) in [7, 11) is 3.64. The van der Waals surface area contributed by atoms with Crippen LogP contribution in [-0.4, -0.2) is 31.9 Å². The molecule has 0 aliphatic carbocycles. The molecule has 1 unspecified atom stereocenters. The predicted molar refractivity (Wildman–Crippen MR) is 76.7 cm³/mol. The highest BCUT2D eigenvalue weighted by Crippen LogP contribution is 2.13. The maximum absolute atomic E-state index is 5.34. The largest absolute Gasteiger partial charge is 0.383 e. The SMILES string of the molecule is COCC(C)NC(=S)N(C)c1ccc(C)cc1. The van der Waals surface area contributed by atoms with Crippen LogP contribution >= 0.6 is 12.2 Å². The minimum absolute atomic E-state index is 0.209. The van der Waals surface area contributed by atoms with Crippen LogP contribution in [0.15, 0.2) is 24.3 Å². The zero-order valence-electron chi connectivity index (χ0n) is 10.9. The zero-order chi connectivity index (χ0) is 12.8. The average molecular weight is 252 g/mol. The molecule has 0 radical (unpaired) electrons. The normalized spacial score (nSPS) is 12.0. The van der Waals surface area contributed by atoms with Gasteiger partial charge < -0.3 is 15.0 Å². The monoisotopic (exact) mass is 252 g/mol. The lowest BCUT2D eigenvalue weighted by Gasteiger charge is -2.24. The fraction of sp³-hybridized carbons (Fsp3) is 0.462. The van der Waals surface area contributed by atoms with Gasteiger partial charge in [0.25, 0.3) is 0 Å². The summed E-state index contributed by atoms with van der Waals surface area (Å²) in [6.45, 7) is 4.75. The van der Waals surface area contributed by atoms with Crippen molar-refractivity contribution < 1.29 is 4.74 Å². The van der Waals surface area contributed by atoms with Gasteiger partial charge in [0.1, 0.15) is 0 Å². The van der Waals surface area contributed by atoms with Gasteiger partial charge in [-0.2, -0.15) is 0 Å². The third-order valence-electron chi connectivity index (χ3n) is 2.51. The van der Waals surface area contributed by atoms with Gasteiger partial charge in [0.05, 0.1) is 6.61 Å². The second-order valence-electron chi connectivity index (χ2n) is 4.20. The molecule has 1 atom stereocenters. The van der Waals surface area contributed by atoms with Crippen molar-refractivity contribution in [2.75, 3.05) is 25.7 Å². The van der Waals surface area contributed by atoms with Crippen molar-refractivity contribution in [3.05, 3.63) is 29.8 Å². The van der Waals surface area contributed by atoms with Crippen molar-refractivity contribution >= 4 is 23.0 Å². The maximum atomic E-state index is 5.34. The molecule has 0 fully saturated rings. The van der Waals surface area contributed by atoms with E-state index in [2.05, 4.69) is 36.5 Å². The first-order chi connectivity index (χ1) is 8.04. The molecular formula is C13H20N2OS. The van der Waals surface area contributed by atoms with Crippen LogP contribution in [0.3, 0.4) is 0 Å². The summed E-state index contributed by atoms with van der Waals surface area (Å²) in [6.07, 6.45) is 0. The van der Waals surface area contributed by atoms with Gasteiger partial charge in [-0.25, -0.2) is 0 Å². The zero-order valence-corrected chi connectivity index (χ0v) is 11.7. The molecule has 0 spiro atoms. The molecule has 17 heavy (non-hydrogen) atoms. The molecule has 0 heterocycles. The van der Waals surface area contributed by atoms with Crippen LogP contribution in [0, 0.1) is 6.92 Å². The van der Waals surface area contributed by atoms with Crippen molar-refractivity contribution in [3.8, 4) is 0 Å². The smallest absolute Gasteiger partial charge is 0.173 e. The van der Waals surface area contributed by atoms with Gasteiger partial charge in [0.2, 0.25) is 0 Å². The molecule has 0 aromatic heterocycles. The fourth-order valence-corrected chi connectivity index (χ4v) is 1.79. The highest BCUT2D eigenvalue weighted by Gasteiger charge is 2.09. The molecule has 94 valence electrons. The molecule has 0 bridgehead atoms. The highest BCUT2D eigenvalue weighted by atomic mass is 32.1. The van der Waals surface area contributed by atoms with Crippen molar-refractivity contribution in [1.82, 2.24) is 5.32 Å². The van der Waals surface area contributed by atoms with E-state index in [1.54, 1.807) is 7.11 Å². The Hall–Kier alpha value is -1.13. The lowest BCUT2D eigenvalue weighted by molar-refractivity contribution is 0.179. The predicted octanol–water partition coefficient (Wildman–Crippen LogP) is 2.34. The maximum Gasteiger partial charge on any atom is 0.173 e. The number of aryl methyl sites for hydroxylation is 1. The van der Waals surface area contributed by atoms with E-state index in [1.165, 1.54) is 5.56 Å². The molecule has 1 rings (SSSR count). The number of nitrogens with one attached hydrogen (secondary N) is 1. The Morgan fingerprint density at radius 2 is 2.00 bits per heavy atom. The summed E-state index contributed by atoms with van der Waals surface area (Å²) in [5, 5.41) is 3.93. The number of thiocarbonyl (C=S) groups is 1. The van der Waals surface area contributed by atoms with Gasteiger partial charge in [-0.3, -0.25) is 0 Å². The molecule has 4 heteroatoms. The second-order valence-corrected chi connectivity index (χ2v) is 4.59. The first-order valence-corrected chi connectivity index (χ1v) is 6.05. The van der Waals surface area contributed by atoms with E-state index in [0.717, 1.165) is 5.69 Å². The van der Waals surface area contributed by atoms with E-state index < -0.39 is 0 Å². The first kappa shape index (κ1) is 13.9. The van der Waals surface area contributed by atoms with Crippen molar-refractivity contribution in [1.29, 1.82) is 0 Å². The molecule has 0 saturated heterocycles. The molecule has 1 N–H and O–H groups in total. The molecular weight excluding hydrogens is 232 g/mol. The number of hydrogen-bond donors (Lipinski definition) is 1. The van der Waals surface area contributed by atoms with Crippen LogP contribution < -0.4 is 10.2 Å². The topological polar surface area (TPSA) is 24.5 Å². The van der Waals surface area contributed by atoms with Gasteiger partial charge in [-0.05, 0) is 38.2 Å². The van der Waals surface area contributed by atoms with Crippen LogP contribution in [0.1, 0.15) is 12.5 Å². The summed E-state index contributed by atoms with van der Waals surface area (Å²) < 4.78 is 5.07. The van der Waals surface area contributed by atoms with Gasteiger partial charge >= 0.3 is 0 Å². The number of anilines is 1. The molecule has 1 aromatic carbocycles. The van der Waals surface area contributed by atoms with Gasteiger partial charge in [-0.15, -0.1) is 0 Å². The number of rotatable bonds is 4. The molecule has 1 aromatic rings. The van der Waals surface area contributed by atoms with Crippen molar-refractivity contribution in [3.63, 3.8) is 0 Å². The number of benzene rings is 1. The van der Waals surface area contributed by atoms with Crippen molar-refractivity contribution in [2.45, 2.75) is 19.9 Å². The minimum atomic E-state index is 0.209. The Morgan fingerprint density at radius 3 is 2.53 bits per heavy atom. The number of ether oxygens (including phenoxy) is 1. The third-order valence-corrected chi connectivity index (χ3v) is 2.90. The molecule has 0 amide bonds. The minimum Gasteiger partial charge on any atom is -0.383 e. The molecule has 3 nitrogen and oxygen atoms in total. The molecule has 0 aliphatic rings. The van der Waals surface area contributed by atoms with Crippen LogP contribution in [0.4, 0.5) is 5.69 Å². The van der Waals surface area contributed by atoms with E-state index >= 15 is 0 Å². The number of hydrogen-bond acceptors (Lipinski definition) is 2. The van der Waals surface area contributed by atoms with Gasteiger partial charge in [-0.1, -0.05) is 17.7 Å². The molecule has 0 saturated carbocycles. The van der Waals surface area contributed by atoms with Crippen LogP contribution in [0.5, 0.6) is 0 Å². The Labute approximate surface area is 109 Å². The Kier molecular flexibility index (Phi) is 5.38. The van der Waals surface area contributed by atoms with E-state index in [0.29, 0.717) is 11.7 Å². The first-order valence-electron chi connectivity index (χ1n) is 5.64. The summed E-state index contributed by atoms with van der Waals surface area (Å²) in [5.41, 5.74) is 2.33. The lowest BCUT2D eigenvalue weighted by atomic mass is 10.2. The van der Waals surface area contributed by atoms with Gasteiger partial charge in [0.15, 0.2) is 5.11 Å². The van der Waals surface area contributed by atoms with E-state index in [-0.39, 0.29) is 6.04 Å². The van der Waals surface area contributed by atoms with E-state index in [9.17, 15) is 0 Å². The summed E-state index contributed by atoms with van der Waals surface area (Å²) in [5.74, 6) is 0. The highest BCUT2D eigenvalue weighted by molar-refractivity contribution is 7.80. The number of methoxy groups -OCH3 is 1. The Morgan fingerprint density at radius 1 is 1.41 bits per heavy atom. The van der Waals surface area contributed by atoms with E-state index in [4.69, 9.17) is 17.0 Å². The van der Waals surface area contributed by atoms with Crippen molar-refractivity contribution in [2.24, 2.45) is 0 Å². The second kappa shape index (κ2) is 6.57. The standard InChI is InChI=1S/C13H20N2OS/c1-10-5-7-12(8-6-10)15(3)13(17)14-11(2)9-16-4/h5-8,11H,9H2,1-4H3,(H,14,17). The Bertz CT molecular complexity index is 364. The molecule has 0 aliphatic heterocycles.